The lowest BCUT2D eigenvalue weighted by Crippen LogP contribution is -2.14. The Bertz CT molecular complexity index is 672. The van der Waals surface area contributed by atoms with E-state index in [4.69, 9.17) is 5.11 Å². The van der Waals surface area contributed by atoms with E-state index in [1.165, 1.54) is 0 Å². The van der Waals surface area contributed by atoms with Crippen LogP contribution in [0.15, 0.2) is 29.1 Å². The smallest absolute Gasteiger partial charge is 0.312 e. The number of H-pyrrole nitrogens is 1. The van der Waals surface area contributed by atoms with Crippen LogP contribution < -0.4 is 5.43 Å². The van der Waals surface area contributed by atoms with E-state index in [1.807, 2.05) is 12.1 Å². The van der Waals surface area contributed by atoms with Crippen molar-refractivity contribution in [1.82, 2.24) is 4.98 Å². The fraction of sp³-hybridized carbons (Fsp3) is 0.231. The molecule has 0 aliphatic heterocycles. The van der Waals surface area contributed by atoms with Crippen molar-refractivity contribution < 1.29 is 9.90 Å². The van der Waals surface area contributed by atoms with Crippen LogP contribution >= 0.6 is 0 Å². The summed E-state index contributed by atoms with van der Waals surface area (Å²) in [5.74, 6) is -1.43. The summed E-state index contributed by atoms with van der Waals surface area (Å²) in [6.45, 7) is 0. The number of carbonyl (C=O) groups is 1. The molecule has 86 valence electrons. The van der Waals surface area contributed by atoms with Crippen LogP contribution in [0.2, 0.25) is 0 Å². The largest absolute Gasteiger partial charge is 0.481 e. The minimum absolute atomic E-state index is 0.0295. The van der Waals surface area contributed by atoms with Gasteiger partial charge in [-0.1, -0.05) is 12.1 Å². The normalized spacial score (nSPS) is 18.2. The summed E-state index contributed by atoms with van der Waals surface area (Å²) < 4.78 is 0. The van der Waals surface area contributed by atoms with Crippen LogP contribution in [-0.2, 0) is 11.2 Å². The zero-order valence-corrected chi connectivity index (χ0v) is 9.06. The minimum Gasteiger partial charge on any atom is -0.481 e. The number of benzene rings is 1. The lowest BCUT2D eigenvalue weighted by Gasteiger charge is -2.07. The van der Waals surface area contributed by atoms with Crippen molar-refractivity contribution in [3.8, 4) is 0 Å². The predicted octanol–water partition coefficient (Wildman–Crippen LogP) is 1.64. The van der Waals surface area contributed by atoms with Gasteiger partial charge in [0.15, 0.2) is 5.43 Å². The first-order chi connectivity index (χ1) is 8.18. The molecule has 0 spiro atoms. The van der Waals surface area contributed by atoms with E-state index in [0.29, 0.717) is 35.0 Å². The Balaban J connectivity index is 2.35. The fourth-order valence-corrected chi connectivity index (χ4v) is 2.52. The molecule has 3 rings (SSSR count). The maximum Gasteiger partial charge on any atom is 0.312 e. The Kier molecular flexibility index (Phi) is 2.04. The Hall–Kier alpha value is -2.10. The van der Waals surface area contributed by atoms with Crippen molar-refractivity contribution in [3.05, 3.63) is 45.7 Å². The first-order valence-corrected chi connectivity index (χ1v) is 5.55. The molecule has 0 bridgehead atoms. The van der Waals surface area contributed by atoms with Gasteiger partial charge in [0, 0.05) is 22.2 Å². The van der Waals surface area contributed by atoms with Gasteiger partial charge < -0.3 is 10.1 Å². The number of hydrogen-bond donors (Lipinski definition) is 2. The van der Waals surface area contributed by atoms with Gasteiger partial charge >= 0.3 is 5.97 Å². The third kappa shape index (κ3) is 1.37. The third-order valence-electron chi connectivity index (χ3n) is 3.37. The van der Waals surface area contributed by atoms with Gasteiger partial charge in [0.05, 0.1) is 5.92 Å². The fourth-order valence-electron chi connectivity index (χ4n) is 2.52. The molecule has 0 radical (unpaired) electrons. The minimum atomic E-state index is -0.866. The number of nitrogens with one attached hydrogen (secondary N) is 1. The highest BCUT2D eigenvalue weighted by Gasteiger charge is 2.31. The molecule has 2 aromatic rings. The summed E-state index contributed by atoms with van der Waals surface area (Å²) >= 11 is 0. The molecular formula is C13H11NO3. The Morgan fingerprint density at radius 2 is 2.12 bits per heavy atom. The van der Waals surface area contributed by atoms with Crippen LogP contribution in [0.1, 0.15) is 23.6 Å². The van der Waals surface area contributed by atoms with Gasteiger partial charge in [0.25, 0.3) is 0 Å². The van der Waals surface area contributed by atoms with Gasteiger partial charge in [-0.05, 0) is 25.0 Å². The molecule has 0 saturated heterocycles. The predicted molar refractivity (Wildman–Crippen MR) is 63.3 cm³/mol. The van der Waals surface area contributed by atoms with Crippen LogP contribution in [-0.4, -0.2) is 16.1 Å². The topological polar surface area (TPSA) is 70.2 Å². The molecule has 1 unspecified atom stereocenters. The van der Waals surface area contributed by atoms with E-state index in [0.717, 1.165) is 0 Å². The zero-order valence-electron chi connectivity index (χ0n) is 9.06. The van der Waals surface area contributed by atoms with Crippen molar-refractivity contribution in [2.24, 2.45) is 0 Å². The highest BCUT2D eigenvalue weighted by molar-refractivity contribution is 5.83. The van der Waals surface area contributed by atoms with Crippen LogP contribution in [0.5, 0.6) is 0 Å². The molecule has 0 fully saturated rings. The summed E-state index contributed by atoms with van der Waals surface area (Å²) in [4.78, 5) is 26.4. The lowest BCUT2D eigenvalue weighted by atomic mass is 10.1. The van der Waals surface area contributed by atoms with Gasteiger partial charge in [-0.3, -0.25) is 9.59 Å². The van der Waals surface area contributed by atoms with Crippen molar-refractivity contribution in [2.75, 3.05) is 0 Å². The number of hydrogen-bond acceptors (Lipinski definition) is 2. The van der Waals surface area contributed by atoms with E-state index >= 15 is 0 Å². The average Bonchev–Trinajstić information content (AvgIpc) is 2.73. The Morgan fingerprint density at radius 1 is 1.35 bits per heavy atom. The maximum atomic E-state index is 12.2. The standard InChI is InChI=1S/C13H11NO3/c15-12-7-3-1-2-4-10(7)14-11-8(12)5-6-9(11)13(16)17/h1-4,9H,5-6H2,(H,14,15)(H,16,17). The second-order valence-electron chi connectivity index (χ2n) is 4.32. The van der Waals surface area contributed by atoms with Crippen LogP contribution in [0.3, 0.4) is 0 Å². The number of aromatic amines is 1. The number of fused-ring (bicyclic) bond motifs is 2. The van der Waals surface area contributed by atoms with Gasteiger partial charge in [0.2, 0.25) is 0 Å². The number of para-hydroxylation sites is 1. The molecule has 4 nitrogen and oxygen atoms in total. The summed E-state index contributed by atoms with van der Waals surface area (Å²) in [7, 11) is 0. The molecule has 1 heterocycles. The maximum absolute atomic E-state index is 12.2. The van der Waals surface area contributed by atoms with Crippen molar-refractivity contribution >= 4 is 16.9 Å². The second-order valence-corrected chi connectivity index (χ2v) is 4.32. The molecule has 2 N–H and O–H groups in total. The molecule has 1 atom stereocenters. The highest BCUT2D eigenvalue weighted by Crippen LogP contribution is 2.31. The van der Waals surface area contributed by atoms with Crippen molar-refractivity contribution in [3.63, 3.8) is 0 Å². The van der Waals surface area contributed by atoms with E-state index in [-0.39, 0.29) is 5.43 Å². The highest BCUT2D eigenvalue weighted by atomic mass is 16.4. The number of aromatic nitrogens is 1. The first-order valence-electron chi connectivity index (χ1n) is 5.55. The van der Waals surface area contributed by atoms with Gasteiger partial charge in [-0.25, -0.2) is 0 Å². The van der Waals surface area contributed by atoms with E-state index in [9.17, 15) is 9.59 Å². The molecule has 17 heavy (non-hydrogen) atoms. The molecule has 1 aliphatic rings. The number of carboxylic acid groups (broad SMARTS) is 1. The van der Waals surface area contributed by atoms with E-state index in [2.05, 4.69) is 4.98 Å². The number of pyridine rings is 1. The Labute approximate surface area is 96.9 Å². The van der Waals surface area contributed by atoms with Gasteiger partial charge in [-0.15, -0.1) is 0 Å². The molecule has 1 aliphatic carbocycles. The third-order valence-corrected chi connectivity index (χ3v) is 3.37. The molecule has 4 heteroatoms. The quantitative estimate of drug-likeness (QED) is 0.781. The molecule has 1 aromatic heterocycles. The number of carboxylic acids is 1. The van der Waals surface area contributed by atoms with Crippen LogP contribution in [0.4, 0.5) is 0 Å². The molecule has 0 amide bonds. The first kappa shape index (κ1) is 10.1. The SMILES string of the molecule is O=C(O)C1CCc2c1[nH]c1ccccc1c2=O. The van der Waals surface area contributed by atoms with Crippen molar-refractivity contribution in [2.45, 2.75) is 18.8 Å². The van der Waals surface area contributed by atoms with Crippen molar-refractivity contribution in [1.29, 1.82) is 0 Å². The molecular weight excluding hydrogens is 218 g/mol. The van der Waals surface area contributed by atoms with E-state index in [1.54, 1.807) is 12.1 Å². The van der Waals surface area contributed by atoms with Crippen LogP contribution in [0.25, 0.3) is 10.9 Å². The summed E-state index contributed by atoms with van der Waals surface area (Å²) in [6, 6.07) is 7.21. The van der Waals surface area contributed by atoms with Gasteiger partial charge in [-0.2, -0.15) is 0 Å². The number of aliphatic carboxylic acids is 1. The van der Waals surface area contributed by atoms with E-state index < -0.39 is 11.9 Å². The second kappa shape index (κ2) is 3.45. The monoisotopic (exact) mass is 229 g/mol. The lowest BCUT2D eigenvalue weighted by molar-refractivity contribution is -0.138. The summed E-state index contributed by atoms with van der Waals surface area (Å²) in [5.41, 5.74) is 1.90. The average molecular weight is 229 g/mol. The molecule has 0 saturated carbocycles. The summed E-state index contributed by atoms with van der Waals surface area (Å²) in [5, 5.41) is 9.74. The summed E-state index contributed by atoms with van der Waals surface area (Å²) in [6.07, 6.45) is 1.05. The Morgan fingerprint density at radius 3 is 2.88 bits per heavy atom. The van der Waals surface area contributed by atoms with Crippen LogP contribution in [0, 0.1) is 0 Å². The number of rotatable bonds is 1. The van der Waals surface area contributed by atoms with Gasteiger partial charge in [0.1, 0.15) is 0 Å². The molecule has 1 aromatic carbocycles. The zero-order chi connectivity index (χ0) is 12.0.